The van der Waals surface area contributed by atoms with Crippen LogP contribution in [0.2, 0.25) is 0 Å². The Labute approximate surface area is 86.2 Å². The first kappa shape index (κ1) is 14.2. The Morgan fingerprint density at radius 2 is 1.93 bits per heavy atom. The molecule has 0 aromatic heterocycles. The molecule has 2 unspecified atom stereocenters. The number of carbonyl (C=O) groups is 1. The van der Waals surface area contributed by atoms with E-state index in [1.807, 2.05) is 0 Å². The van der Waals surface area contributed by atoms with E-state index in [4.69, 9.17) is 5.11 Å². The molecule has 0 aliphatic rings. The van der Waals surface area contributed by atoms with Crippen molar-refractivity contribution < 1.29 is 27.8 Å². The smallest absolute Gasteiger partial charge is 0.417 e. The molecule has 6 heteroatoms. The minimum Gasteiger partial charge on any atom is -0.463 e. The third kappa shape index (κ3) is 4.51. The Balaban J connectivity index is 4.28. The maximum absolute atomic E-state index is 12.2. The van der Waals surface area contributed by atoms with Gasteiger partial charge in [-0.3, -0.25) is 4.79 Å². The van der Waals surface area contributed by atoms with E-state index in [9.17, 15) is 18.0 Å². The van der Waals surface area contributed by atoms with Crippen molar-refractivity contribution in [2.24, 2.45) is 0 Å². The number of ether oxygens (including phenoxy) is 1. The van der Waals surface area contributed by atoms with Gasteiger partial charge >= 0.3 is 12.1 Å². The van der Waals surface area contributed by atoms with Crippen molar-refractivity contribution >= 4 is 5.97 Å². The fourth-order valence-corrected chi connectivity index (χ4v) is 1.02. The molecule has 0 bridgehead atoms. The first-order valence-corrected chi connectivity index (χ1v) is 4.58. The SMILES string of the molecule is CCC(=O)OC(C)CC(C)(O)C(F)(F)F. The number of esters is 1. The van der Waals surface area contributed by atoms with Crippen molar-refractivity contribution in [2.45, 2.75) is 51.5 Å². The zero-order valence-electron chi connectivity index (χ0n) is 8.89. The van der Waals surface area contributed by atoms with Crippen LogP contribution in [0.1, 0.15) is 33.6 Å². The molecular weight excluding hydrogens is 213 g/mol. The second-order valence-electron chi connectivity index (χ2n) is 3.63. The fourth-order valence-electron chi connectivity index (χ4n) is 1.02. The van der Waals surface area contributed by atoms with E-state index in [0.717, 1.165) is 0 Å². The summed E-state index contributed by atoms with van der Waals surface area (Å²) in [5.74, 6) is -0.583. The van der Waals surface area contributed by atoms with Crippen molar-refractivity contribution in [3.8, 4) is 0 Å². The summed E-state index contributed by atoms with van der Waals surface area (Å²) in [7, 11) is 0. The molecular formula is C9H15F3O3. The van der Waals surface area contributed by atoms with E-state index in [-0.39, 0.29) is 6.42 Å². The van der Waals surface area contributed by atoms with Crippen molar-refractivity contribution in [1.82, 2.24) is 0 Å². The molecule has 0 rings (SSSR count). The van der Waals surface area contributed by atoms with E-state index in [0.29, 0.717) is 6.92 Å². The predicted octanol–water partition coefficient (Wildman–Crippen LogP) is 2.03. The normalized spacial score (nSPS) is 18.1. The Morgan fingerprint density at radius 3 is 2.27 bits per heavy atom. The standard InChI is InChI=1S/C9H15F3O3/c1-4-7(13)15-6(2)5-8(3,14)9(10,11)12/h6,14H,4-5H2,1-3H3. The van der Waals surface area contributed by atoms with Crippen LogP contribution in [0.25, 0.3) is 0 Å². The van der Waals surface area contributed by atoms with Crippen molar-refractivity contribution in [2.75, 3.05) is 0 Å². The lowest BCUT2D eigenvalue weighted by Gasteiger charge is -2.28. The lowest BCUT2D eigenvalue weighted by Crippen LogP contribution is -2.44. The Bertz CT molecular complexity index is 223. The van der Waals surface area contributed by atoms with Crippen LogP contribution in [-0.2, 0) is 9.53 Å². The second-order valence-corrected chi connectivity index (χ2v) is 3.63. The van der Waals surface area contributed by atoms with Crippen LogP contribution >= 0.6 is 0 Å². The molecule has 0 aromatic rings. The molecule has 0 amide bonds. The molecule has 0 radical (unpaired) electrons. The molecule has 0 aliphatic carbocycles. The topological polar surface area (TPSA) is 46.5 Å². The molecule has 0 aliphatic heterocycles. The highest BCUT2D eigenvalue weighted by Gasteiger charge is 2.50. The maximum Gasteiger partial charge on any atom is 0.417 e. The van der Waals surface area contributed by atoms with Crippen LogP contribution in [0.4, 0.5) is 13.2 Å². The zero-order valence-corrected chi connectivity index (χ0v) is 8.89. The lowest BCUT2D eigenvalue weighted by molar-refractivity contribution is -0.261. The highest BCUT2D eigenvalue weighted by Crippen LogP contribution is 2.33. The van der Waals surface area contributed by atoms with Gasteiger partial charge in [0.05, 0.1) is 0 Å². The summed E-state index contributed by atoms with van der Waals surface area (Å²) in [5.41, 5.74) is -2.83. The molecule has 0 fully saturated rings. The fraction of sp³-hybridized carbons (Fsp3) is 0.889. The summed E-state index contributed by atoms with van der Waals surface area (Å²) in [6.07, 6.45) is -6.25. The molecule has 0 heterocycles. The number of carbonyl (C=O) groups excluding carboxylic acids is 1. The average Bonchev–Trinajstić information content (AvgIpc) is 2.00. The minimum atomic E-state index is -4.72. The summed E-state index contributed by atoms with van der Waals surface area (Å²) in [4.78, 5) is 10.8. The molecule has 3 nitrogen and oxygen atoms in total. The van der Waals surface area contributed by atoms with Crippen LogP contribution in [0, 0.1) is 0 Å². The Kier molecular flexibility index (Phi) is 4.58. The van der Waals surface area contributed by atoms with Gasteiger partial charge in [0, 0.05) is 12.8 Å². The van der Waals surface area contributed by atoms with E-state index in [1.54, 1.807) is 0 Å². The van der Waals surface area contributed by atoms with E-state index < -0.39 is 30.3 Å². The van der Waals surface area contributed by atoms with Crippen LogP contribution in [0.5, 0.6) is 0 Å². The van der Waals surface area contributed by atoms with E-state index >= 15 is 0 Å². The van der Waals surface area contributed by atoms with Gasteiger partial charge in [-0.1, -0.05) is 6.92 Å². The number of alkyl halides is 3. The van der Waals surface area contributed by atoms with Gasteiger partial charge in [0.15, 0.2) is 5.60 Å². The number of hydrogen-bond acceptors (Lipinski definition) is 3. The summed E-state index contributed by atoms with van der Waals surface area (Å²) >= 11 is 0. The molecule has 90 valence electrons. The largest absolute Gasteiger partial charge is 0.463 e. The number of hydrogen-bond donors (Lipinski definition) is 1. The summed E-state index contributed by atoms with van der Waals surface area (Å²) in [6.45, 7) is 3.51. The average molecular weight is 228 g/mol. The van der Waals surface area contributed by atoms with Crippen molar-refractivity contribution in [3.63, 3.8) is 0 Å². The van der Waals surface area contributed by atoms with Crippen LogP contribution < -0.4 is 0 Å². The Morgan fingerprint density at radius 1 is 1.47 bits per heavy atom. The second kappa shape index (κ2) is 4.83. The molecule has 0 saturated heterocycles. The molecule has 2 atom stereocenters. The molecule has 0 saturated carbocycles. The highest BCUT2D eigenvalue weighted by atomic mass is 19.4. The lowest BCUT2D eigenvalue weighted by atomic mass is 9.98. The zero-order chi connectivity index (χ0) is 12.3. The van der Waals surface area contributed by atoms with E-state index in [1.165, 1.54) is 13.8 Å². The van der Waals surface area contributed by atoms with Gasteiger partial charge < -0.3 is 9.84 Å². The van der Waals surface area contributed by atoms with Gasteiger partial charge in [-0.25, -0.2) is 0 Å². The molecule has 0 spiro atoms. The van der Waals surface area contributed by atoms with Crippen molar-refractivity contribution in [1.29, 1.82) is 0 Å². The summed E-state index contributed by atoms with van der Waals surface area (Å²) in [5, 5.41) is 9.09. The molecule has 0 aromatic carbocycles. The quantitative estimate of drug-likeness (QED) is 0.749. The van der Waals surface area contributed by atoms with Crippen LogP contribution in [0.3, 0.4) is 0 Å². The third-order valence-corrected chi connectivity index (χ3v) is 1.92. The minimum absolute atomic E-state index is 0.0957. The first-order chi connectivity index (χ1) is 6.60. The van der Waals surface area contributed by atoms with Gasteiger partial charge in [-0.2, -0.15) is 13.2 Å². The maximum atomic E-state index is 12.2. The third-order valence-electron chi connectivity index (χ3n) is 1.92. The highest BCUT2D eigenvalue weighted by molar-refractivity contribution is 5.69. The van der Waals surface area contributed by atoms with E-state index in [2.05, 4.69) is 4.74 Å². The monoisotopic (exact) mass is 228 g/mol. The van der Waals surface area contributed by atoms with Gasteiger partial charge in [0.1, 0.15) is 6.10 Å². The first-order valence-electron chi connectivity index (χ1n) is 4.58. The predicted molar refractivity (Wildman–Crippen MR) is 47.1 cm³/mol. The van der Waals surface area contributed by atoms with Gasteiger partial charge in [0.2, 0.25) is 0 Å². The number of rotatable bonds is 4. The summed E-state index contributed by atoms with van der Waals surface area (Å²) < 4.78 is 41.3. The van der Waals surface area contributed by atoms with Crippen molar-refractivity contribution in [3.05, 3.63) is 0 Å². The summed E-state index contributed by atoms with van der Waals surface area (Å²) in [6, 6.07) is 0. The molecule has 1 N–H and O–H groups in total. The van der Waals surface area contributed by atoms with Crippen LogP contribution in [0.15, 0.2) is 0 Å². The Hall–Kier alpha value is -0.780. The van der Waals surface area contributed by atoms with Gasteiger partial charge in [-0.05, 0) is 13.8 Å². The molecule has 15 heavy (non-hydrogen) atoms. The van der Waals surface area contributed by atoms with Crippen LogP contribution in [-0.4, -0.2) is 29.0 Å². The van der Waals surface area contributed by atoms with Gasteiger partial charge in [-0.15, -0.1) is 0 Å². The number of aliphatic hydroxyl groups is 1. The number of halogens is 3. The van der Waals surface area contributed by atoms with Gasteiger partial charge in [0.25, 0.3) is 0 Å².